The molecule has 0 aromatic carbocycles. The van der Waals surface area contributed by atoms with Crippen LogP contribution in [0.15, 0.2) is 18.3 Å². The predicted molar refractivity (Wildman–Crippen MR) is 106 cm³/mol. The molecule has 0 saturated heterocycles. The minimum absolute atomic E-state index is 0.230. The fraction of sp³-hybridized carbons (Fsp3) is 0.750. The van der Waals surface area contributed by atoms with Crippen LogP contribution >= 0.6 is 0 Å². The second kappa shape index (κ2) is 12.1. The molecule has 1 unspecified atom stereocenters. The molecule has 0 amide bonds. The summed E-state index contributed by atoms with van der Waals surface area (Å²) in [5.74, 6) is 0.815. The monoisotopic (exact) mass is 443 g/mol. The van der Waals surface area contributed by atoms with E-state index in [2.05, 4.69) is 32.9 Å². The fourth-order valence-corrected chi connectivity index (χ4v) is 18.7. The molecule has 0 bridgehead atoms. The topological polar surface area (TPSA) is 31.4 Å². The Kier molecular flexibility index (Phi) is 11.0. The van der Waals surface area contributed by atoms with Gasteiger partial charge >= 0.3 is 154 Å². The SMILES string of the molecule is CCC[CH2][Sn]([CH2]CCC)([CH2]CCC)[c]1ccc(OC(C)OC)cn1. The number of methoxy groups -OCH3 is 1. The summed E-state index contributed by atoms with van der Waals surface area (Å²) in [6.07, 6.45) is 9.67. The average Bonchev–Trinajstić information content (AvgIpc) is 2.62. The number of hydrogen-bond acceptors (Lipinski definition) is 3. The fourth-order valence-electron chi connectivity index (χ4n) is 3.31. The standard InChI is InChI=1S/C8H10NO2.3C4H9.Sn/c1-7(10-2)11-8-4-3-5-9-6-8;3*1-3-4-2;/h3-4,6-7H,1-2H3;3*1,3-4H2,2H3;. The Morgan fingerprint density at radius 3 is 1.88 bits per heavy atom. The van der Waals surface area contributed by atoms with Gasteiger partial charge in [-0.3, -0.25) is 0 Å². The van der Waals surface area contributed by atoms with Crippen LogP contribution in [-0.2, 0) is 4.74 Å². The first-order valence-corrected chi connectivity index (χ1v) is 17.3. The Morgan fingerprint density at radius 1 is 0.958 bits per heavy atom. The van der Waals surface area contributed by atoms with Crippen LogP contribution in [0.25, 0.3) is 0 Å². The molecule has 1 aromatic heterocycles. The second-order valence-corrected chi connectivity index (χ2v) is 19.9. The van der Waals surface area contributed by atoms with Crippen LogP contribution in [-0.4, -0.2) is 36.8 Å². The first kappa shape index (κ1) is 21.8. The van der Waals surface area contributed by atoms with Gasteiger partial charge in [-0.2, -0.15) is 0 Å². The van der Waals surface area contributed by atoms with Gasteiger partial charge in [0, 0.05) is 0 Å². The first-order chi connectivity index (χ1) is 11.6. The predicted octanol–water partition coefficient (Wildman–Crippen LogP) is 5.51. The van der Waals surface area contributed by atoms with E-state index in [9.17, 15) is 0 Å². The number of ether oxygens (including phenoxy) is 2. The number of aromatic nitrogens is 1. The molecular formula is C20H37NO2Sn. The van der Waals surface area contributed by atoms with Crippen molar-refractivity contribution in [3.05, 3.63) is 18.3 Å². The van der Waals surface area contributed by atoms with Gasteiger partial charge in [-0.1, -0.05) is 0 Å². The van der Waals surface area contributed by atoms with Gasteiger partial charge in [-0.15, -0.1) is 0 Å². The van der Waals surface area contributed by atoms with Gasteiger partial charge in [0.15, 0.2) is 0 Å². The molecule has 0 aliphatic heterocycles. The Bertz CT molecular complexity index is 414. The molecule has 1 aromatic rings. The van der Waals surface area contributed by atoms with Gasteiger partial charge in [0.2, 0.25) is 0 Å². The summed E-state index contributed by atoms with van der Waals surface area (Å²) in [5.41, 5.74) is 0. The van der Waals surface area contributed by atoms with E-state index in [0.717, 1.165) is 5.75 Å². The third kappa shape index (κ3) is 6.91. The van der Waals surface area contributed by atoms with Gasteiger partial charge < -0.3 is 0 Å². The molecule has 138 valence electrons. The van der Waals surface area contributed by atoms with Crippen molar-refractivity contribution in [2.24, 2.45) is 0 Å². The molecule has 1 atom stereocenters. The van der Waals surface area contributed by atoms with E-state index in [4.69, 9.17) is 14.5 Å². The van der Waals surface area contributed by atoms with Gasteiger partial charge in [-0.05, 0) is 0 Å². The van der Waals surface area contributed by atoms with Crippen molar-refractivity contribution in [3.8, 4) is 5.75 Å². The van der Waals surface area contributed by atoms with Crippen molar-refractivity contribution in [1.29, 1.82) is 0 Å². The van der Waals surface area contributed by atoms with Crippen molar-refractivity contribution >= 4 is 22.1 Å². The molecule has 24 heavy (non-hydrogen) atoms. The zero-order valence-electron chi connectivity index (χ0n) is 16.4. The molecule has 0 radical (unpaired) electrons. The van der Waals surface area contributed by atoms with Crippen LogP contribution < -0.4 is 8.45 Å². The summed E-state index contributed by atoms with van der Waals surface area (Å²) in [7, 11) is 1.66. The average molecular weight is 442 g/mol. The summed E-state index contributed by atoms with van der Waals surface area (Å²) >= 11 is -2.39. The number of nitrogens with zero attached hydrogens (tertiary/aromatic N) is 1. The molecule has 0 fully saturated rings. The number of hydrogen-bond donors (Lipinski definition) is 0. The van der Waals surface area contributed by atoms with Gasteiger partial charge in [-0.25, -0.2) is 0 Å². The van der Waals surface area contributed by atoms with Gasteiger partial charge in [0.05, 0.1) is 0 Å². The van der Waals surface area contributed by atoms with E-state index < -0.39 is 18.4 Å². The van der Waals surface area contributed by atoms with Crippen LogP contribution in [0.1, 0.15) is 66.2 Å². The molecule has 0 saturated carbocycles. The van der Waals surface area contributed by atoms with Crippen LogP contribution in [0.2, 0.25) is 13.3 Å². The molecule has 1 heterocycles. The third-order valence-corrected chi connectivity index (χ3v) is 20.1. The van der Waals surface area contributed by atoms with Gasteiger partial charge in [0.25, 0.3) is 0 Å². The zero-order chi connectivity index (χ0) is 17.8. The molecule has 3 nitrogen and oxygen atoms in total. The summed E-state index contributed by atoms with van der Waals surface area (Å²) in [6, 6.07) is 4.38. The maximum absolute atomic E-state index is 5.71. The maximum atomic E-state index is 5.71. The van der Waals surface area contributed by atoms with Crippen LogP contribution in [0.5, 0.6) is 5.75 Å². The van der Waals surface area contributed by atoms with E-state index >= 15 is 0 Å². The van der Waals surface area contributed by atoms with Crippen LogP contribution in [0.3, 0.4) is 0 Å². The number of rotatable bonds is 13. The normalized spacial score (nSPS) is 13.0. The van der Waals surface area contributed by atoms with Crippen molar-refractivity contribution in [3.63, 3.8) is 0 Å². The Morgan fingerprint density at radius 2 is 1.50 bits per heavy atom. The summed E-state index contributed by atoms with van der Waals surface area (Å²) in [5, 5.41) is 0. The van der Waals surface area contributed by atoms with E-state index in [1.54, 1.807) is 7.11 Å². The second-order valence-electron chi connectivity index (χ2n) is 6.89. The van der Waals surface area contributed by atoms with Crippen molar-refractivity contribution in [1.82, 2.24) is 4.98 Å². The molecule has 1 rings (SSSR count). The molecule has 0 aliphatic rings. The Labute approximate surface area is 153 Å². The van der Waals surface area contributed by atoms with E-state index in [0.29, 0.717) is 0 Å². The Balaban J connectivity index is 3.01. The molecule has 0 spiro atoms. The number of unbranched alkanes of at least 4 members (excludes halogenated alkanes) is 3. The van der Waals surface area contributed by atoms with E-state index in [-0.39, 0.29) is 6.29 Å². The van der Waals surface area contributed by atoms with Crippen molar-refractivity contribution < 1.29 is 9.47 Å². The Hall–Kier alpha value is -0.291. The third-order valence-electron chi connectivity index (χ3n) is 4.94. The van der Waals surface area contributed by atoms with Crippen molar-refractivity contribution in [2.75, 3.05) is 7.11 Å². The summed E-state index contributed by atoms with van der Waals surface area (Å²) < 4.78 is 16.7. The minimum atomic E-state index is -2.39. The summed E-state index contributed by atoms with van der Waals surface area (Å²) in [6.45, 7) is 8.84. The summed E-state index contributed by atoms with van der Waals surface area (Å²) in [4.78, 5) is 4.91. The molecule has 0 aliphatic carbocycles. The van der Waals surface area contributed by atoms with E-state index in [1.807, 2.05) is 13.1 Å². The van der Waals surface area contributed by atoms with Gasteiger partial charge in [0.1, 0.15) is 0 Å². The molecule has 0 N–H and O–H groups in total. The quantitative estimate of drug-likeness (QED) is 0.298. The number of pyridine rings is 1. The van der Waals surface area contributed by atoms with Crippen LogP contribution in [0.4, 0.5) is 0 Å². The molecule has 4 heteroatoms. The van der Waals surface area contributed by atoms with Crippen molar-refractivity contribution in [2.45, 2.75) is 85.8 Å². The molecular weight excluding hydrogens is 405 g/mol. The van der Waals surface area contributed by atoms with Crippen LogP contribution in [0, 0.1) is 0 Å². The zero-order valence-corrected chi connectivity index (χ0v) is 19.3. The van der Waals surface area contributed by atoms with E-state index in [1.165, 1.54) is 55.5 Å². The first-order valence-electron chi connectivity index (χ1n) is 9.77.